The Hall–Kier alpha value is -1.00. The molecular weight excluding hydrogens is 246 g/mol. The maximum atomic E-state index is 10.5. The summed E-state index contributed by atoms with van der Waals surface area (Å²) in [7, 11) is 0. The number of carbonyl (C=O) groups is 1. The number of nitrogens with zero attached hydrogens (tertiary/aromatic N) is 1. The van der Waals surface area contributed by atoms with Gasteiger partial charge in [-0.3, -0.25) is 9.79 Å². The Bertz CT molecular complexity index is 430. The predicted molar refractivity (Wildman–Crippen MR) is 66.5 cm³/mol. The van der Waals surface area contributed by atoms with Crippen LogP contribution in [-0.4, -0.2) is 27.9 Å². The molecule has 3 nitrogen and oxygen atoms in total. The molecule has 1 unspecified atom stereocenters. The molecule has 1 atom stereocenters. The molecule has 0 aliphatic carbocycles. The highest BCUT2D eigenvalue weighted by Crippen LogP contribution is 2.25. The van der Waals surface area contributed by atoms with Crippen LogP contribution in [0.25, 0.3) is 0 Å². The van der Waals surface area contributed by atoms with E-state index < -0.39 is 5.97 Å². The van der Waals surface area contributed by atoms with Crippen molar-refractivity contribution in [1.82, 2.24) is 0 Å². The highest BCUT2D eigenvalue weighted by atomic mass is 35.5. The van der Waals surface area contributed by atoms with Crippen molar-refractivity contribution in [3.05, 3.63) is 34.9 Å². The van der Waals surface area contributed by atoms with Crippen LogP contribution < -0.4 is 0 Å². The molecule has 1 aromatic rings. The number of carboxylic acids is 1. The lowest BCUT2D eigenvalue weighted by Crippen LogP contribution is -2.10. The highest BCUT2D eigenvalue weighted by Gasteiger charge is 2.21. The van der Waals surface area contributed by atoms with Gasteiger partial charge in [0, 0.05) is 16.3 Å². The fraction of sp³-hybridized carbons (Fsp3) is 0.273. The number of aliphatic imine (C=N–C) groups is 1. The quantitative estimate of drug-likeness (QED) is 0.903. The van der Waals surface area contributed by atoms with Crippen LogP contribution in [0.1, 0.15) is 12.0 Å². The van der Waals surface area contributed by atoms with E-state index in [-0.39, 0.29) is 12.5 Å². The molecule has 5 heteroatoms. The van der Waals surface area contributed by atoms with E-state index in [1.54, 1.807) is 11.8 Å². The monoisotopic (exact) mass is 255 g/mol. The molecule has 0 saturated heterocycles. The molecular formula is C11H10ClNO2S. The fourth-order valence-electron chi connectivity index (χ4n) is 1.47. The summed E-state index contributed by atoms with van der Waals surface area (Å²) >= 11 is 7.39. The van der Waals surface area contributed by atoms with Crippen molar-refractivity contribution in [3.8, 4) is 0 Å². The zero-order valence-corrected chi connectivity index (χ0v) is 9.96. The minimum atomic E-state index is -0.799. The van der Waals surface area contributed by atoms with Gasteiger partial charge in [-0.25, -0.2) is 0 Å². The van der Waals surface area contributed by atoms with Gasteiger partial charge >= 0.3 is 5.97 Å². The molecule has 1 N–H and O–H groups in total. The molecule has 16 heavy (non-hydrogen) atoms. The average molecular weight is 256 g/mol. The van der Waals surface area contributed by atoms with Gasteiger partial charge in [0.15, 0.2) is 0 Å². The fourth-order valence-corrected chi connectivity index (χ4v) is 2.67. The first kappa shape index (κ1) is 11.5. The number of halogens is 1. The third-order valence-corrected chi connectivity index (χ3v) is 3.63. The summed E-state index contributed by atoms with van der Waals surface area (Å²) in [5.41, 5.74) is 1.00. The number of aliphatic carboxylic acids is 1. The Kier molecular flexibility index (Phi) is 3.51. The third kappa shape index (κ3) is 2.77. The summed E-state index contributed by atoms with van der Waals surface area (Å²) in [5, 5.41) is 10.3. The molecule has 0 spiro atoms. The van der Waals surface area contributed by atoms with Crippen molar-refractivity contribution in [3.63, 3.8) is 0 Å². The topological polar surface area (TPSA) is 49.7 Å². The lowest BCUT2D eigenvalue weighted by Gasteiger charge is -1.99. The van der Waals surface area contributed by atoms with Crippen molar-refractivity contribution in [2.45, 2.75) is 12.5 Å². The first-order chi connectivity index (χ1) is 7.65. The Labute approximate surface area is 103 Å². The minimum absolute atomic E-state index is 0.101. The molecule has 2 rings (SSSR count). The van der Waals surface area contributed by atoms with Gasteiger partial charge in [0.1, 0.15) is 0 Å². The maximum absolute atomic E-state index is 10.5. The number of hydrogen-bond acceptors (Lipinski definition) is 3. The second-order valence-corrected chi connectivity index (χ2v) is 4.95. The Morgan fingerprint density at radius 2 is 2.19 bits per heavy atom. The van der Waals surface area contributed by atoms with Gasteiger partial charge in [0.2, 0.25) is 0 Å². The molecule has 0 bridgehead atoms. The van der Waals surface area contributed by atoms with Crippen LogP contribution in [-0.2, 0) is 4.79 Å². The second kappa shape index (κ2) is 4.89. The van der Waals surface area contributed by atoms with Gasteiger partial charge < -0.3 is 5.11 Å². The van der Waals surface area contributed by atoms with Gasteiger partial charge in [-0.15, -0.1) is 11.8 Å². The molecule has 0 saturated carbocycles. The zero-order valence-electron chi connectivity index (χ0n) is 8.39. The summed E-state index contributed by atoms with van der Waals surface area (Å²) in [4.78, 5) is 14.9. The SMILES string of the molecule is O=C(O)CC1CSC(c2ccc(Cl)cc2)=N1. The first-order valence-corrected chi connectivity index (χ1v) is 6.20. The van der Waals surface area contributed by atoms with Gasteiger partial charge in [0.05, 0.1) is 17.5 Å². The molecule has 1 heterocycles. The van der Waals surface area contributed by atoms with E-state index in [9.17, 15) is 4.79 Å². The van der Waals surface area contributed by atoms with Crippen molar-refractivity contribution in [1.29, 1.82) is 0 Å². The largest absolute Gasteiger partial charge is 0.481 e. The Morgan fingerprint density at radius 1 is 1.50 bits per heavy atom. The van der Waals surface area contributed by atoms with Crippen LogP contribution in [0.3, 0.4) is 0 Å². The average Bonchev–Trinajstić information content (AvgIpc) is 2.66. The molecule has 0 aromatic heterocycles. The van der Waals surface area contributed by atoms with Gasteiger partial charge in [-0.05, 0) is 12.1 Å². The van der Waals surface area contributed by atoms with Crippen LogP contribution in [0.15, 0.2) is 29.3 Å². The molecule has 84 valence electrons. The summed E-state index contributed by atoms with van der Waals surface area (Å²) in [6, 6.07) is 7.32. The van der Waals surface area contributed by atoms with Crippen LogP contribution in [0.5, 0.6) is 0 Å². The molecule has 1 aliphatic rings. The molecule has 1 aromatic carbocycles. The summed E-state index contributed by atoms with van der Waals surface area (Å²) in [5.74, 6) is -0.0590. The van der Waals surface area contributed by atoms with E-state index in [0.717, 1.165) is 16.4 Å². The van der Waals surface area contributed by atoms with E-state index >= 15 is 0 Å². The minimum Gasteiger partial charge on any atom is -0.481 e. The van der Waals surface area contributed by atoms with E-state index in [4.69, 9.17) is 16.7 Å². The maximum Gasteiger partial charge on any atom is 0.305 e. The zero-order chi connectivity index (χ0) is 11.5. The summed E-state index contributed by atoms with van der Waals surface area (Å²) in [6.07, 6.45) is 0.101. The number of hydrogen-bond donors (Lipinski definition) is 1. The van der Waals surface area contributed by atoms with Crippen molar-refractivity contribution in [2.24, 2.45) is 4.99 Å². The van der Waals surface area contributed by atoms with Crippen molar-refractivity contribution < 1.29 is 9.90 Å². The Morgan fingerprint density at radius 3 is 2.81 bits per heavy atom. The van der Waals surface area contributed by atoms with Gasteiger partial charge in [-0.2, -0.15) is 0 Å². The molecule has 0 fully saturated rings. The van der Waals surface area contributed by atoms with Gasteiger partial charge in [0.25, 0.3) is 0 Å². The van der Waals surface area contributed by atoms with Crippen LogP contribution >= 0.6 is 23.4 Å². The molecule has 0 radical (unpaired) electrons. The smallest absolute Gasteiger partial charge is 0.305 e. The lowest BCUT2D eigenvalue weighted by molar-refractivity contribution is -0.137. The third-order valence-electron chi connectivity index (χ3n) is 2.21. The van der Waals surface area contributed by atoms with E-state index in [2.05, 4.69) is 4.99 Å². The predicted octanol–water partition coefficient (Wildman–Crippen LogP) is 2.68. The lowest BCUT2D eigenvalue weighted by atomic mass is 10.2. The molecule has 1 aliphatic heterocycles. The Balaban J connectivity index is 2.11. The highest BCUT2D eigenvalue weighted by molar-refractivity contribution is 8.14. The summed E-state index contributed by atoms with van der Waals surface area (Å²) in [6.45, 7) is 0. The standard InChI is InChI=1S/C11H10ClNO2S/c12-8-3-1-7(2-4-8)11-13-9(6-16-11)5-10(14)15/h1-4,9H,5-6H2,(H,14,15). The molecule has 0 amide bonds. The van der Waals surface area contributed by atoms with Crippen molar-refractivity contribution in [2.75, 3.05) is 5.75 Å². The van der Waals surface area contributed by atoms with Gasteiger partial charge in [-0.1, -0.05) is 23.7 Å². The number of carboxylic acid groups (broad SMARTS) is 1. The van der Waals surface area contributed by atoms with Crippen LogP contribution in [0.4, 0.5) is 0 Å². The number of thioether (sulfide) groups is 1. The van der Waals surface area contributed by atoms with Crippen LogP contribution in [0, 0.1) is 0 Å². The second-order valence-electron chi connectivity index (χ2n) is 3.50. The normalized spacial score (nSPS) is 19.6. The van der Waals surface area contributed by atoms with E-state index in [0.29, 0.717) is 5.02 Å². The summed E-state index contributed by atoms with van der Waals surface area (Å²) < 4.78 is 0. The van der Waals surface area contributed by atoms with E-state index in [1.807, 2.05) is 24.3 Å². The van der Waals surface area contributed by atoms with Crippen molar-refractivity contribution >= 4 is 34.4 Å². The first-order valence-electron chi connectivity index (χ1n) is 4.83. The number of benzene rings is 1. The van der Waals surface area contributed by atoms with Crippen LogP contribution in [0.2, 0.25) is 5.02 Å². The number of rotatable bonds is 3. The van der Waals surface area contributed by atoms with E-state index in [1.165, 1.54) is 0 Å².